The first-order chi connectivity index (χ1) is 13.9. The van der Waals surface area contributed by atoms with Crippen LogP contribution < -0.4 is 10.6 Å². The zero-order valence-corrected chi connectivity index (χ0v) is 16.9. The number of rotatable bonds is 5. The van der Waals surface area contributed by atoms with Gasteiger partial charge in [-0.3, -0.25) is 10.1 Å². The van der Waals surface area contributed by atoms with Crippen molar-refractivity contribution in [2.75, 3.05) is 17.2 Å². The number of pyridine rings is 1. The molecule has 9 heteroatoms. The molecule has 2 heterocycles. The number of carbonyl (C=O) groups is 2. The summed E-state index contributed by atoms with van der Waals surface area (Å²) in [5.41, 5.74) is 2.91. The molecule has 0 saturated heterocycles. The molecule has 0 bridgehead atoms. The number of nitrogens with zero attached hydrogens (tertiary/aromatic N) is 3. The molecule has 0 unspecified atom stereocenters. The van der Waals surface area contributed by atoms with Crippen LogP contribution in [0.15, 0.2) is 42.5 Å². The predicted octanol–water partition coefficient (Wildman–Crippen LogP) is 4.36. The molecule has 2 amide bonds. The van der Waals surface area contributed by atoms with Crippen LogP contribution in [0.4, 0.5) is 16.2 Å². The summed E-state index contributed by atoms with van der Waals surface area (Å²) in [5.74, 6) is 0.0450. The summed E-state index contributed by atoms with van der Waals surface area (Å²) >= 11 is 6.19. The van der Waals surface area contributed by atoms with Crippen LogP contribution >= 0.6 is 11.6 Å². The van der Waals surface area contributed by atoms with Crippen LogP contribution in [0.5, 0.6) is 0 Å². The fraction of sp³-hybridized carbons (Fsp3) is 0.200. The second kappa shape index (κ2) is 8.74. The predicted molar refractivity (Wildman–Crippen MR) is 111 cm³/mol. The average Bonchev–Trinajstić information content (AvgIpc) is 3.02. The van der Waals surface area contributed by atoms with E-state index < -0.39 is 12.0 Å². The molecule has 3 rings (SSSR count). The Morgan fingerprint density at radius 3 is 2.31 bits per heavy atom. The lowest BCUT2D eigenvalue weighted by Crippen LogP contribution is -2.16. The summed E-state index contributed by atoms with van der Waals surface area (Å²) in [6.45, 7) is 5.79. The van der Waals surface area contributed by atoms with Crippen molar-refractivity contribution in [1.29, 1.82) is 0 Å². The molecule has 0 saturated carbocycles. The molecule has 0 atom stereocenters. The topological polar surface area (TPSA) is 98.1 Å². The molecule has 0 aliphatic rings. The van der Waals surface area contributed by atoms with Crippen molar-refractivity contribution in [1.82, 2.24) is 14.8 Å². The van der Waals surface area contributed by atoms with Gasteiger partial charge in [0.15, 0.2) is 5.82 Å². The molecule has 2 aromatic heterocycles. The van der Waals surface area contributed by atoms with Crippen molar-refractivity contribution >= 4 is 35.0 Å². The fourth-order valence-corrected chi connectivity index (χ4v) is 2.87. The first kappa shape index (κ1) is 20.3. The Labute approximate surface area is 172 Å². The summed E-state index contributed by atoms with van der Waals surface area (Å²) in [7, 11) is 0. The molecule has 8 nitrogen and oxygen atoms in total. The minimum Gasteiger partial charge on any atom is -0.450 e. The quantitative estimate of drug-likeness (QED) is 0.647. The van der Waals surface area contributed by atoms with Gasteiger partial charge in [-0.15, -0.1) is 0 Å². The zero-order valence-electron chi connectivity index (χ0n) is 16.2. The first-order valence-electron chi connectivity index (χ1n) is 8.92. The zero-order chi connectivity index (χ0) is 21.0. The van der Waals surface area contributed by atoms with Crippen molar-refractivity contribution in [2.24, 2.45) is 0 Å². The van der Waals surface area contributed by atoms with Crippen LogP contribution in [0.3, 0.4) is 0 Å². The lowest BCUT2D eigenvalue weighted by Gasteiger charge is -2.10. The Kier molecular flexibility index (Phi) is 6.13. The maximum Gasteiger partial charge on any atom is 0.411 e. The number of hydrogen-bond donors (Lipinski definition) is 2. The normalized spacial score (nSPS) is 10.5. The molecule has 0 aliphatic heterocycles. The largest absolute Gasteiger partial charge is 0.450 e. The number of anilines is 2. The van der Waals surface area contributed by atoms with E-state index in [1.165, 1.54) is 0 Å². The van der Waals surface area contributed by atoms with Gasteiger partial charge in [-0.25, -0.2) is 14.5 Å². The minimum absolute atomic E-state index is 0.0884. The number of ether oxygens (including phenoxy) is 1. The third-order valence-electron chi connectivity index (χ3n) is 3.94. The lowest BCUT2D eigenvalue weighted by atomic mass is 10.2. The number of carbonyl (C=O) groups excluding carboxylic acids is 2. The van der Waals surface area contributed by atoms with E-state index in [1.807, 2.05) is 19.9 Å². The van der Waals surface area contributed by atoms with Gasteiger partial charge < -0.3 is 10.1 Å². The number of aromatic nitrogens is 3. The number of hydrogen-bond acceptors (Lipinski definition) is 5. The van der Waals surface area contributed by atoms with Gasteiger partial charge in [0.1, 0.15) is 5.69 Å². The van der Waals surface area contributed by atoms with Crippen LogP contribution in [0.1, 0.15) is 28.8 Å². The van der Waals surface area contributed by atoms with Crippen LogP contribution in [-0.4, -0.2) is 33.4 Å². The Morgan fingerprint density at radius 2 is 1.72 bits per heavy atom. The highest BCUT2D eigenvalue weighted by Gasteiger charge is 2.16. The maximum atomic E-state index is 12.7. The van der Waals surface area contributed by atoms with Gasteiger partial charge >= 0.3 is 6.09 Å². The Bertz CT molecular complexity index is 1050. The highest BCUT2D eigenvalue weighted by atomic mass is 35.5. The Morgan fingerprint density at radius 1 is 1.07 bits per heavy atom. The number of benzene rings is 1. The average molecular weight is 414 g/mol. The second-order valence-corrected chi connectivity index (χ2v) is 6.62. The van der Waals surface area contributed by atoms with Crippen LogP contribution in [-0.2, 0) is 4.74 Å². The van der Waals surface area contributed by atoms with E-state index in [0.717, 1.165) is 11.4 Å². The monoisotopic (exact) mass is 413 g/mol. The number of aryl methyl sites for hydroxylation is 2. The van der Waals surface area contributed by atoms with Gasteiger partial charge in [-0.05, 0) is 63.2 Å². The van der Waals surface area contributed by atoms with Crippen LogP contribution in [0.2, 0.25) is 5.02 Å². The SMILES string of the molecule is CCOC(=O)Nc1ccc(NC(=O)c2nc(-n3nc(C)cc3C)ccc2Cl)cc1. The van der Waals surface area contributed by atoms with Crippen molar-refractivity contribution in [3.05, 3.63) is 64.6 Å². The van der Waals surface area contributed by atoms with E-state index in [-0.39, 0.29) is 17.3 Å². The molecule has 0 aliphatic carbocycles. The van der Waals surface area contributed by atoms with Gasteiger partial charge in [-0.1, -0.05) is 11.6 Å². The maximum absolute atomic E-state index is 12.7. The lowest BCUT2D eigenvalue weighted by molar-refractivity contribution is 0.102. The third kappa shape index (κ3) is 4.91. The first-order valence-corrected chi connectivity index (χ1v) is 9.30. The van der Waals surface area contributed by atoms with E-state index in [4.69, 9.17) is 16.3 Å². The molecule has 0 radical (unpaired) electrons. The van der Waals surface area contributed by atoms with E-state index in [2.05, 4.69) is 20.7 Å². The highest BCUT2D eigenvalue weighted by Crippen LogP contribution is 2.20. The number of amides is 2. The molecule has 3 aromatic rings. The van der Waals surface area contributed by atoms with E-state index in [0.29, 0.717) is 17.2 Å². The van der Waals surface area contributed by atoms with Crippen LogP contribution in [0, 0.1) is 13.8 Å². The molecular weight excluding hydrogens is 394 g/mol. The van der Waals surface area contributed by atoms with Crippen molar-refractivity contribution < 1.29 is 14.3 Å². The van der Waals surface area contributed by atoms with Gasteiger partial charge in [0.2, 0.25) is 0 Å². The smallest absolute Gasteiger partial charge is 0.411 e. The summed E-state index contributed by atoms with van der Waals surface area (Å²) < 4.78 is 6.47. The third-order valence-corrected chi connectivity index (χ3v) is 4.24. The minimum atomic E-state index is -0.541. The standard InChI is InChI=1S/C20H20ClN5O3/c1-4-29-20(28)23-15-7-5-14(6-8-15)22-19(27)18-16(21)9-10-17(24-18)26-13(3)11-12(2)25-26/h5-11H,4H2,1-3H3,(H,22,27)(H,23,28). The second-order valence-electron chi connectivity index (χ2n) is 6.22. The molecule has 150 valence electrons. The van der Waals surface area contributed by atoms with Gasteiger partial charge in [0, 0.05) is 17.1 Å². The molecule has 2 N–H and O–H groups in total. The fourth-order valence-electron chi connectivity index (χ4n) is 2.68. The van der Waals surface area contributed by atoms with E-state index in [1.54, 1.807) is 48.0 Å². The summed E-state index contributed by atoms with van der Waals surface area (Å²) in [6.07, 6.45) is -0.541. The Balaban J connectivity index is 1.76. The van der Waals surface area contributed by atoms with E-state index >= 15 is 0 Å². The molecule has 0 fully saturated rings. The number of nitrogens with one attached hydrogen (secondary N) is 2. The van der Waals surface area contributed by atoms with Gasteiger partial charge in [-0.2, -0.15) is 5.10 Å². The van der Waals surface area contributed by atoms with Gasteiger partial charge in [0.25, 0.3) is 5.91 Å². The van der Waals surface area contributed by atoms with Crippen LogP contribution in [0.25, 0.3) is 5.82 Å². The summed E-state index contributed by atoms with van der Waals surface area (Å²) in [6, 6.07) is 11.8. The molecule has 1 aromatic carbocycles. The van der Waals surface area contributed by atoms with E-state index in [9.17, 15) is 9.59 Å². The van der Waals surface area contributed by atoms with Gasteiger partial charge in [0.05, 0.1) is 17.3 Å². The van der Waals surface area contributed by atoms with Crippen molar-refractivity contribution in [2.45, 2.75) is 20.8 Å². The Hall–Kier alpha value is -3.39. The van der Waals surface area contributed by atoms with Crippen molar-refractivity contribution in [3.63, 3.8) is 0 Å². The molecule has 29 heavy (non-hydrogen) atoms. The highest BCUT2D eigenvalue weighted by molar-refractivity contribution is 6.34. The summed E-state index contributed by atoms with van der Waals surface area (Å²) in [5, 5.41) is 9.93. The molecular formula is C20H20ClN5O3. The summed E-state index contributed by atoms with van der Waals surface area (Å²) in [4.78, 5) is 28.5. The number of halogens is 1. The van der Waals surface area contributed by atoms with Crippen molar-refractivity contribution in [3.8, 4) is 5.82 Å². The molecule has 0 spiro atoms.